The molecule has 0 atom stereocenters. The summed E-state index contributed by atoms with van der Waals surface area (Å²) < 4.78 is 4.22. The average Bonchev–Trinajstić information content (AvgIpc) is 2.42. The highest BCUT2D eigenvalue weighted by atomic mass is 127. The number of rotatable bonds is 0. The van der Waals surface area contributed by atoms with Gasteiger partial charge in [0, 0.05) is 36.7 Å². The lowest BCUT2D eigenvalue weighted by molar-refractivity contribution is 0.852. The van der Waals surface area contributed by atoms with Crippen LogP contribution in [0.15, 0.2) is 4.79 Å². The third-order valence-corrected chi connectivity index (χ3v) is 3.16. The first kappa shape index (κ1) is 9.63. The van der Waals surface area contributed by atoms with E-state index in [4.69, 9.17) is 0 Å². The van der Waals surface area contributed by atoms with E-state index in [0.717, 1.165) is 9.48 Å². The van der Waals surface area contributed by atoms with E-state index in [2.05, 4.69) is 32.6 Å². The Morgan fingerprint density at radius 1 is 1.14 bits per heavy atom. The third kappa shape index (κ3) is 1.17. The van der Waals surface area contributed by atoms with Crippen molar-refractivity contribution >= 4 is 33.9 Å². The van der Waals surface area contributed by atoms with Gasteiger partial charge in [-0.3, -0.25) is 9.36 Å². The number of aryl methyl sites for hydroxylation is 3. The molecule has 2 heterocycles. The topological polar surface area (TPSA) is 52.7 Å². The smallest absolute Gasteiger partial charge is 0.273 e. The van der Waals surface area contributed by atoms with Crippen molar-refractivity contribution in [3.63, 3.8) is 0 Å². The Hall–Kier alpha value is -0.920. The normalized spacial score (nSPS) is 11.1. The van der Waals surface area contributed by atoms with Crippen LogP contribution in [0.4, 0.5) is 0 Å². The molecule has 0 saturated heterocycles. The van der Waals surface area contributed by atoms with E-state index in [1.54, 1.807) is 14.0 Å². The minimum absolute atomic E-state index is 0.0907. The van der Waals surface area contributed by atoms with Crippen LogP contribution in [0, 0.1) is 10.8 Å². The molecule has 2 aromatic heterocycles. The van der Waals surface area contributed by atoms with Crippen LogP contribution < -0.4 is 5.56 Å². The van der Waals surface area contributed by atoms with Gasteiger partial charge in [-0.05, 0) is 6.92 Å². The van der Waals surface area contributed by atoms with E-state index in [1.807, 2.05) is 11.6 Å². The van der Waals surface area contributed by atoms with Crippen LogP contribution in [-0.2, 0) is 14.1 Å². The summed E-state index contributed by atoms with van der Waals surface area (Å²) in [5, 5.41) is 0. The van der Waals surface area contributed by atoms with Crippen LogP contribution in [0.2, 0.25) is 0 Å². The standard InChI is InChI=1S/C8H9IN4O/c1-4-7(14)12(2)6-5(10-4)13(3)8(9)11-6/h1-3H3. The van der Waals surface area contributed by atoms with Crippen LogP contribution in [0.3, 0.4) is 0 Å². The average molecular weight is 304 g/mol. The molecule has 14 heavy (non-hydrogen) atoms. The van der Waals surface area contributed by atoms with Gasteiger partial charge in [-0.15, -0.1) is 0 Å². The summed E-state index contributed by atoms with van der Waals surface area (Å²) >= 11 is 2.11. The molecule has 0 saturated carbocycles. The quantitative estimate of drug-likeness (QED) is 0.669. The zero-order valence-corrected chi connectivity index (χ0v) is 10.2. The third-order valence-electron chi connectivity index (χ3n) is 2.20. The molecule has 0 unspecified atom stereocenters. The second-order valence-electron chi connectivity index (χ2n) is 3.15. The summed E-state index contributed by atoms with van der Waals surface area (Å²) in [6.45, 7) is 1.71. The van der Waals surface area contributed by atoms with Gasteiger partial charge in [-0.1, -0.05) is 0 Å². The Kier molecular flexibility index (Phi) is 2.09. The van der Waals surface area contributed by atoms with Crippen LogP contribution in [0.5, 0.6) is 0 Å². The highest BCUT2D eigenvalue weighted by Gasteiger charge is 2.11. The molecule has 0 N–H and O–H groups in total. The number of halogens is 1. The first-order valence-corrected chi connectivity index (χ1v) is 5.16. The second-order valence-corrected chi connectivity index (χ2v) is 4.11. The maximum absolute atomic E-state index is 11.6. The summed E-state index contributed by atoms with van der Waals surface area (Å²) in [5.74, 6) is 0. The Morgan fingerprint density at radius 2 is 1.71 bits per heavy atom. The summed E-state index contributed by atoms with van der Waals surface area (Å²) in [5.41, 5.74) is 1.79. The monoisotopic (exact) mass is 304 g/mol. The largest absolute Gasteiger partial charge is 0.306 e. The molecule has 2 aromatic rings. The van der Waals surface area contributed by atoms with Crippen molar-refractivity contribution in [2.75, 3.05) is 0 Å². The lowest BCUT2D eigenvalue weighted by atomic mass is 10.5. The molecule has 0 aliphatic carbocycles. The molecule has 0 aromatic carbocycles. The van der Waals surface area contributed by atoms with Gasteiger partial charge in [-0.2, -0.15) is 0 Å². The van der Waals surface area contributed by atoms with Gasteiger partial charge >= 0.3 is 0 Å². The molecular weight excluding hydrogens is 295 g/mol. The van der Waals surface area contributed by atoms with Crippen molar-refractivity contribution in [1.29, 1.82) is 0 Å². The van der Waals surface area contributed by atoms with Gasteiger partial charge in [0.15, 0.2) is 15.1 Å². The highest BCUT2D eigenvalue weighted by Crippen LogP contribution is 2.11. The number of imidazole rings is 1. The van der Waals surface area contributed by atoms with E-state index in [-0.39, 0.29) is 5.56 Å². The summed E-state index contributed by atoms with van der Waals surface area (Å²) in [6.07, 6.45) is 0. The Morgan fingerprint density at radius 3 is 2.36 bits per heavy atom. The van der Waals surface area contributed by atoms with Gasteiger partial charge in [0.05, 0.1) is 0 Å². The van der Waals surface area contributed by atoms with Gasteiger partial charge in [0.2, 0.25) is 0 Å². The first-order chi connectivity index (χ1) is 6.52. The van der Waals surface area contributed by atoms with Gasteiger partial charge in [-0.25, -0.2) is 9.97 Å². The summed E-state index contributed by atoms with van der Waals surface area (Å²) in [4.78, 5) is 20.0. The van der Waals surface area contributed by atoms with Gasteiger partial charge < -0.3 is 4.57 Å². The molecule has 0 radical (unpaired) electrons. The van der Waals surface area contributed by atoms with E-state index in [0.29, 0.717) is 11.3 Å². The van der Waals surface area contributed by atoms with Crippen LogP contribution in [0.25, 0.3) is 11.3 Å². The predicted octanol–water partition coefficient (Wildman–Crippen LogP) is 0.580. The number of hydrogen-bond donors (Lipinski definition) is 0. The molecule has 2 rings (SSSR count). The minimum atomic E-state index is -0.0907. The van der Waals surface area contributed by atoms with Crippen molar-refractivity contribution in [1.82, 2.24) is 19.1 Å². The second kappa shape index (κ2) is 3.04. The fraction of sp³-hybridized carbons (Fsp3) is 0.375. The maximum Gasteiger partial charge on any atom is 0.273 e. The SMILES string of the molecule is Cc1nc2c(nc(I)n2C)n(C)c1=O. The molecule has 6 heteroatoms. The van der Waals surface area contributed by atoms with E-state index in [9.17, 15) is 4.79 Å². The molecule has 0 amide bonds. The lowest BCUT2D eigenvalue weighted by Crippen LogP contribution is -2.21. The maximum atomic E-state index is 11.6. The molecule has 0 aliphatic heterocycles. The molecule has 74 valence electrons. The van der Waals surface area contributed by atoms with Gasteiger partial charge in [0.25, 0.3) is 5.56 Å². The first-order valence-electron chi connectivity index (χ1n) is 4.08. The Labute approximate surface area is 93.9 Å². The van der Waals surface area contributed by atoms with Crippen molar-refractivity contribution in [2.45, 2.75) is 6.92 Å². The fourth-order valence-electron chi connectivity index (χ4n) is 1.35. The highest BCUT2D eigenvalue weighted by molar-refractivity contribution is 14.1. The number of fused-ring (bicyclic) bond motifs is 1. The van der Waals surface area contributed by atoms with Crippen LogP contribution in [0.1, 0.15) is 5.69 Å². The summed E-state index contributed by atoms with van der Waals surface area (Å²) in [6, 6.07) is 0. The number of aromatic nitrogens is 4. The molecule has 0 fully saturated rings. The Balaban J connectivity index is 3.05. The van der Waals surface area contributed by atoms with Crippen molar-refractivity contribution < 1.29 is 0 Å². The Bertz CT molecular complexity index is 569. The minimum Gasteiger partial charge on any atom is -0.306 e. The van der Waals surface area contributed by atoms with E-state index >= 15 is 0 Å². The van der Waals surface area contributed by atoms with E-state index in [1.165, 1.54) is 4.57 Å². The summed E-state index contributed by atoms with van der Waals surface area (Å²) in [7, 11) is 3.59. The fourth-order valence-corrected chi connectivity index (χ4v) is 1.80. The van der Waals surface area contributed by atoms with Gasteiger partial charge in [0.1, 0.15) is 5.69 Å². The lowest BCUT2D eigenvalue weighted by Gasteiger charge is -2.00. The molecule has 0 spiro atoms. The number of nitrogens with zero attached hydrogens (tertiary/aromatic N) is 4. The van der Waals surface area contributed by atoms with Crippen LogP contribution >= 0.6 is 22.6 Å². The van der Waals surface area contributed by atoms with Crippen molar-refractivity contribution in [3.8, 4) is 0 Å². The van der Waals surface area contributed by atoms with Crippen molar-refractivity contribution in [3.05, 3.63) is 19.9 Å². The molecule has 0 bridgehead atoms. The zero-order valence-electron chi connectivity index (χ0n) is 8.08. The van der Waals surface area contributed by atoms with E-state index < -0.39 is 0 Å². The van der Waals surface area contributed by atoms with Crippen molar-refractivity contribution in [2.24, 2.45) is 14.1 Å². The molecule has 0 aliphatic rings. The zero-order chi connectivity index (χ0) is 10.5. The predicted molar refractivity (Wildman–Crippen MR) is 61.2 cm³/mol. The molecule has 5 nitrogen and oxygen atoms in total. The number of hydrogen-bond acceptors (Lipinski definition) is 3. The molecular formula is C8H9IN4O. The van der Waals surface area contributed by atoms with Crippen LogP contribution in [-0.4, -0.2) is 19.1 Å².